The number of nitrogens with one attached hydrogen (secondary N) is 1. The maximum absolute atomic E-state index is 11.5. The first-order valence-corrected chi connectivity index (χ1v) is 5.95. The molecule has 2 aromatic rings. The summed E-state index contributed by atoms with van der Waals surface area (Å²) < 4.78 is 4.66. The van der Waals surface area contributed by atoms with Gasteiger partial charge in [-0.05, 0) is 18.2 Å². The lowest BCUT2D eigenvalue weighted by Crippen LogP contribution is -2.05. The van der Waals surface area contributed by atoms with Crippen LogP contribution in [-0.4, -0.2) is 23.0 Å². The van der Waals surface area contributed by atoms with Crippen molar-refractivity contribution in [3.63, 3.8) is 0 Å². The minimum absolute atomic E-state index is 0.327. The maximum atomic E-state index is 11.5. The van der Waals surface area contributed by atoms with E-state index in [9.17, 15) is 4.79 Å². The van der Waals surface area contributed by atoms with Crippen LogP contribution in [0.3, 0.4) is 0 Å². The van der Waals surface area contributed by atoms with Crippen LogP contribution in [0.25, 0.3) is 0 Å². The highest BCUT2D eigenvalue weighted by Crippen LogP contribution is 2.21. The summed E-state index contributed by atoms with van der Waals surface area (Å²) in [5.74, 6) is -0.465. The van der Waals surface area contributed by atoms with Gasteiger partial charge >= 0.3 is 5.97 Å². The van der Waals surface area contributed by atoms with Gasteiger partial charge in [-0.1, -0.05) is 11.6 Å². The van der Waals surface area contributed by atoms with Gasteiger partial charge in [0.2, 0.25) is 0 Å². The van der Waals surface area contributed by atoms with Crippen LogP contribution in [-0.2, 0) is 11.3 Å². The number of carbonyl (C=O) groups excluding carboxylic acids is 1. The summed E-state index contributed by atoms with van der Waals surface area (Å²) in [6.07, 6.45) is 4.91. The molecule has 0 fully saturated rings. The van der Waals surface area contributed by atoms with E-state index in [0.717, 1.165) is 11.4 Å². The van der Waals surface area contributed by atoms with Crippen LogP contribution < -0.4 is 5.32 Å². The average Bonchev–Trinajstić information content (AvgIpc) is 2.46. The molecule has 6 heteroatoms. The average molecular weight is 278 g/mol. The van der Waals surface area contributed by atoms with E-state index in [1.165, 1.54) is 7.11 Å². The zero-order valence-corrected chi connectivity index (χ0v) is 11.0. The fourth-order valence-electron chi connectivity index (χ4n) is 1.52. The molecule has 19 heavy (non-hydrogen) atoms. The highest BCUT2D eigenvalue weighted by molar-refractivity contribution is 6.33. The molecule has 0 atom stereocenters. The van der Waals surface area contributed by atoms with Gasteiger partial charge in [0.1, 0.15) is 0 Å². The normalized spacial score (nSPS) is 10.0. The van der Waals surface area contributed by atoms with Crippen LogP contribution in [0.15, 0.2) is 36.8 Å². The van der Waals surface area contributed by atoms with Crippen molar-refractivity contribution in [2.45, 2.75) is 6.54 Å². The summed E-state index contributed by atoms with van der Waals surface area (Å²) in [5, 5.41) is 3.50. The van der Waals surface area contributed by atoms with Crippen molar-refractivity contribution in [3.8, 4) is 0 Å². The molecule has 0 radical (unpaired) electrons. The van der Waals surface area contributed by atoms with E-state index >= 15 is 0 Å². The second-order valence-electron chi connectivity index (χ2n) is 3.74. The molecular formula is C13H12ClN3O2. The van der Waals surface area contributed by atoms with E-state index in [1.807, 2.05) is 0 Å². The third-order valence-electron chi connectivity index (χ3n) is 2.46. The van der Waals surface area contributed by atoms with E-state index in [0.29, 0.717) is 17.1 Å². The lowest BCUT2D eigenvalue weighted by atomic mass is 10.2. The summed E-state index contributed by atoms with van der Waals surface area (Å²) in [5.41, 5.74) is 1.89. The van der Waals surface area contributed by atoms with Crippen LogP contribution >= 0.6 is 11.6 Å². The van der Waals surface area contributed by atoms with Crippen molar-refractivity contribution in [3.05, 3.63) is 53.1 Å². The van der Waals surface area contributed by atoms with Crippen molar-refractivity contribution in [2.24, 2.45) is 0 Å². The number of carbonyl (C=O) groups is 1. The number of hydrogen-bond donors (Lipinski definition) is 1. The molecule has 0 bridgehead atoms. The van der Waals surface area contributed by atoms with Gasteiger partial charge in [-0.15, -0.1) is 0 Å². The van der Waals surface area contributed by atoms with Gasteiger partial charge in [0.25, 0.3) is 0 Å². The molecule has 0 aliphatic rings. The van der Waals surface area contributed by atoms with Crippen LogP contribution in [0.4, 0.5) is 5.69 Å². The topological polar surface area (TPSA) is 64.1 Å². The van der Waals surface area contributed by atoms with E-state index in [-0.39, 0.29) is 0 Å². The molecule has 0 unspecified atom stereocenters. The Balaban J connectivity index is 2.11. The quantitative estimate of drug-likeness (QED) is 0.870. The molecule has 1 aromatic heterocycles. The molecule has 98 valence electrons. The Labute approximate surface area is 115 Å². The number of ether oxygens (including phenoxy) is 1. The fraction of sp³-hybridized carbons (Fsp3) is 0.154. The minimum atomic E-state index is -0.465. The molecule has 1 N–H and O–H groups in total. The lowest BCUT2D eigenvalue weighted by molar-refractivity contribution is 0.0601. The third-order valence-corrected chi connectivity index (χ3v) is 2.79. The Morgan fingerprint density at radius 3 is 2.95 bits per heavy atom. The van der Waals surface area contributed by atoms with E-state index in [4.69, 9.17) is 11.6 Å². The summed E-state index contributed by atoms with van der Waals surface area (Å²) in [7, 11) is 1.32. The molecule has 0 aliphatic carbocycles. The van der Waals surface area contributed by atoms with Gasteiger partial charge in [0.15, 0.2) is 0 Å². The zero-order valence-electron chi connectivity index (χ0n) is 10.3. The van der Waals surface area contributed by atoms with Crippen molar-refractivity contribution in [2.75, 3.05) is 12.4 Å². The number of benzene rings is 1. The maximum Gasteiger partial charge on any atom is 0.339 e. The van der Waals surface area contributed by atoms with Gasteiger partial charge in [-0.3, -0.25) is 9.97 Å². The number of anilines is 1. The first kappa shape index (κ1) is 13.3. The molecular weight excluding hydrogens is 266 g/mol. The molecule has 0 aliphatic heterocycles. The monoisotopic (exact) mass is 277 g/mol. The second-order valence-corrected chi connectivity index (χ2v) is 4.14. The van der Waals surface area contributed by atoms with E-state index in [1.54, 1.807) is 36.8 Å². The number of nitrogens with zero attached hydrogens (tertiary/aromatic N) is 2. The Kier molecular flexibility index (Phi) is 4.30. The number of hydrogen-bond acceptors (Lipinski definition) is 5. The summed E-state index contributed by atoms with van der Waals surface area (Å²) in [4.78, 5) is 19.6. The van der Waals surface area contributed by atoms with Gasteiger partial charge < -0.3 is 10.1 Å². The smallest absolute Gasteiger partial charge is 0.339 e. The summed E-state index contributed by atoms with van der Waals surface area (Å²) in [6.45, 7) is 0.510. The fourth-order valence-corrected chi connectivity index (χ4v) is 1.71. The van der Waals surface area contributed by atoms with Gasteiger partial charge in [-0.25, -0.2) is 4.79 Å². The highest BCUT2D eigenvalue weighted by Gasteiger charge is 2.11. The Morgan fingerprint density at radius 2 is 2.26 bits per heavy atom. The Morgan fingerprint density at radius 1 is 1.42 bits per heavy atom. The molecule has 1 aromatic carbocycles. The molecule has 0 saturated carbocycles. The van der Waals surface area contributed by atoms with E-state index in [2.05, 4.69) is 20.0 Å². The number of esters is 1. The predicted molar refractivity (Wildman–Crippen MR) is 72.2 cm³/mol. The second kappa shape index (κ2) is 6.15. The molecule has 0 saturated heterocycles. The Hall–Kier alpha value is -2.14. The van der Waals surface area contributed by atoms with Crippen LogP contribution in [0.5, 0.6) is 0 Å². The number of halogens is 1. The van der Waals surface area contributed by atoms with Crippen LogP contribution in [0.1, 0.15) is 16.1 Å². The molecule has 1 heterocycles. The first-order chi connectivity index (χ1) is 9.20. The third kappa shape index (κ3) is 3.42. The molecule has 2 rings (SSSR count). The predicted octanol–water partition coefficient (Wildman–Crippen LogP) is 2.53. The van der Waals surface area contributed by atoms with Gasteiger partial charge in [-0.2, -0.15) is 0 Å². The first-order valence-electron chi connectivity index (χ1n) is 5.57. The number of aromatic nitrogens is 2. The number of methoxy groups -OCH3 is 1. The SMILES string of the molecule is COC(=O)c1cc(NCc2cnccn2)ccc1Cl. The van der Waals surface area contributed by atoms with Crippen LogP contribution in [0.2, 0.25) is 5.02 Å². The highest BCUT2D eigenvalue weighted by atomic mass is 35.5. The minimum Gasteiger partial charge on any atom is -0.465 e. The van der Waals surface area contributed by atoms with Gasteiger partial charge in [0, 0.05) is 18.1 Å². The lowest BCUT2D eigenvalue weighted by Gasteiger charge is -2.08. The van der Waals surface area contributed by atoms with Crippen molar-refractivity contribution in [1.29, 1.82) is 0 Å². The van der Waals surface area contributed by atoms with Gasteiger partial charge in [0.05, 0.1) is 36.1 Å². The summed E-state index contributed by atoms with van der Waals surface area (Å²) in [6, 6.07) is 5.07. The summed E-state index contributed by atoms with van der Waals surface area (Å²) >= 11 is 5.94. The standard InChI is InChI=1S/C13H12ClN3O2/c1-19-13(18)11-6-9(2-3-12(11)14)17-8-10-7-15-4-5-16-10/h2-7,17H,8H2,1H3. The van der Waals surface area contributed by atoms with E-state index < -0.39 is 5.97 Å². The zero-order chi connectivity index (χ0) is 13.7. The van der Waals surface area contributed by atoms with Crippen molar-refractivity contribution < 1.29 is 9.53 Å². The molecule has 5 nitrogen and oxygen atoms in total. The van der Waals surface area contributed by atoms with Crippen molar-refractivity contribution >= 4 is 23.3 Å². The van der Waals surface area contributed by atoms with Crippen molar-refractivity contribution in [1.82, 2.24) is 9.97 Å². The number of rotatable bonds is 4. The Bertz CT molecular complexity index is 575. The van der Waals surface area contributed by atoms with Crippen LogP contribution in [0, 0.1) is 0 Å². The molecule has 0 amide bonds. The molecule has 0 spiro atoms. The largest absolute Gasteiger partial charge is 0.465 e.